The van der Waals surface area contributed by atoms with Gasteiger partial charge in [-0.15, -0.1) is 0 Å². The van der Waals surface area contributed by atoms with E-state index < -0.39 is 5.60 Å². The van der Waals surface area contributed by atoms with Crippen molar-refractivity contribution in [1.82, 2.24) is 0 Å². The van der Waals surface area contributed by atoms with Crippen LogP contribution in [0.3, 0.4) is 0 Å². The van der Waals surface area contributed by atoms with Crippen molar-refractivity contribution in [2.45, 2.75) is 83.7 Å². The van der Waals surface area contributed by atoms with E-state index in [9.17, 15) is 9.90 Å². The van der Waals surface area contributed by atoms with Crippen molar-refractivity contribution in [2.24, 2.45) is 34.5 Å². The third kappa shape index (κ3) is 2.74. The molecule has 0 radical (unpaired) electrons. The first-order valence-corrected chi connectivity index (χ1v) is 11.6. The molecule has 0 bridgehead atoms. The molecule has 0 saturated heterocycles. The number of benzene rings is 1. The molecule has 152 valence electrons. The summed E-state index contributed by atoms with van der Waals surface area (Å²) in [5.41, 5.74) is 1.07. The van der Waals surface area contributed by atoms with Gasteiger partial charge in [0.05, 0.1) is 5.60 Å². The molecule has 4 aliphatic carbocycles. The molecular weight excluding hydrogens is 344 g/mol. The first-order valence-electron chi connectivity index (χ1n) is 11.6. The second kappa shape index (κ2) is 6.42. The van der Waals surface area contributed by atoms with Gasteiger partial charge in [0, 0.05) is 18.3 Å². The highest BCUT2D eigenvalue weighted by molar-refractivity contribution is 5.87. The lowest BCUT2D eigenvalue weighted by Crippen LogP contribution is -2.56. The van der Waals surface area contributed by atoms with Gasteiger partial charge in [-0.25, -0.2) is 0 Å². The van der Waals surface area contributed by atoms with Gasteiger partial charge in [-0.05, 0) is 86.0 Å². The molecule has 2 nitrogen and oxygen atoms in total. The molecule has 0 aliphatic heterocycles. The smallest absolute Gasteiger partial charge is 0.139 e. The van der Waals surface area contributed by atoms with E-state index in [4.69, 9.17) is 0 Å². The Morgan fingerprint density at radius 2 is 1.75 bits per heavy atom. The largest absolute Gasteiger partial charge is 0.390 e. The van der Waals surface area contributed by atoms with Crippen molar-refractivity contribution >= 4 is 5.78 Å². The maximum absolute atomic E-state index is 12.6. The van der Waals surface area contributed by atoms with Crippen LogP contribution in [-0.4, -0.2) is 16.5 Å². The molecule has 4 aliphatic rings. The first kappa shape index (κ1) is 18.9. The molecule has 1 unspecified atom stereocenters. The average molecular weight is 381 g/mol. The fourth-order valence-electron chi connectivity index (χ4n) is 8.23. The topological polar surface area (TPSA) is 37.3 Å². The molecular formula is C26H36O2. The number of fused-ring (bicyclic) bond motifs is 5. The molecule has 2 heteroatoms. The van der Waals surface area contributed by atoms with Gasteiger partial charge in [0.15, 0.2) is 0 Å². The van der Waals surface area contributed by atoms with Crippen LogP contribution in [0.4, 0.5) is 0 Å². The van der Waals surface area contributed by atoms with Crippen LogP contribution in [0.15, 0.2) is 30.3 Å². The molecule has 0 amide bonds. The molecule has 4 fully saturated rings. The SMILES string of the molecule is C[C@]12CC[C@](O)(Cc3ccccc3)CC1CC[C@@H]1[C@@H]2CC[C@]2(C)C(=O)CC[C@@H]12. The third-order valence-corrected chi connectivity index (χ3v) is 9.91. The molecule has 1 aromatic carbocycles. The van der Waals surface area contributed by atoms with E-state index >= 15 is 0 Å². The number of carbonyl (C=O) groups is 1. The van der Waals surface area contributed by atoms with Crippen molar-refractivity contribution in [2.75, 3.05) is 0 Å². The highest BCUT2D eigenvalue weighted by atomic mass is 16.3. The molecule has 0 spiro atoms. The lowest BCUT2D eigenvalue weighted by atomic mass is 9.44. The van der Waals surface area contributed by atoms with Crippen molar-refractivity contribution in [1.29, 1.82) is 0 Å². The van der Waals surface area contributed by atoms with Crippen LogP contribution in [0, 0.1) is 34.5 Å². The van der Waals surface area contributed by atoms with E-state index in [2.05, 4.69) is 44.2 Å². The lowest BCUT2D eigenvalue weighted by molar-refractivity contribution is -0.153. The second-order valence-electron chi connectivity index (χ2n) is 11.2. The summed E-state index contributed by atoms with van der Waals surface area (Å²) in [5, 5.41) is 11.5. The van der Waals surface area contributed by atoms with E-state index in [1.54, 1.807) is 0 Å². The Morgan fingerprint density at radius 3 is 2.54 bits per heavy atom. The first-order chi connectivity index (χ1) is 13.3. The lowest BCUT2D eigenvalue weighted by Gasteiger charge is -2.61. The Balaban J connectivity index is 1.36. The molecule has 1 N–H and O–H groups in total. The van der Waals surface area contributed by atoms with Gasteiger partial charge in [-0.2, -0.15) is 0 Å². The number of Topliss-reactive ketones (excluding diaryl/α,β-unsaturated/α-hetero) is 1. The summed E-state index contributed by atoms with van der Waals surface area (Å²) in [5.74, 6) is 3.31. The summed E-state index contributed by atoms with van der Waals surface area (Å²) < 4.78 is 0. The van der Waals surface area contributed by atoms with Gasteiger partial charge in [0.2, 0.25) is 0 Å². The summed E-state index contributed by atoms with van der Waals surface area (Å²) in [6, 6.07) is 10.5. The molecule has 0 aromatic heterocycles. The fraction of sp³-hybridized carbons (Fsp3) is 0.731. The van der Waals surface area contributed by atoms with E-state index in [-0.39, 0.29) is 5.41 Å². The molecule has 0 heterocycles. The van der Waals surface area contributed by atoms with E-state index in [0.29, 0.717) is 23.0 Å². The average Bonchev–Trinajstić information content (AvgIpc) is 2.98. The minimum Gasteiger partial charge on any atom is -0.390 e. The maximum atomic E-state index is 12.6. The number of rotatable bonds is 2. The summed E-state index contributed by atoms with van der Waals surface area (Å²) in [4.78, 5) is 12.6. The van der Waals surface area contributed by atoms with Crippen molar-refractivity contribution < 1.29 is 9.90 Å². The third-order valence-electron chi connectivity index (χ3n) is 9.91. The van der Waals surface area contributed by atoms with Gasteiger partial charge in [-0.1, -0.05) is 44.2 Å². The number of hydrogen-bond donors (Lipinski definition) is 1. The maximum Gasteiger partial charge on any atom is 0.139 e. The predicted molar refractivity (Wildman–Crippen MR) is 112 cm³/mol. The van der Waals surface area contributed by atoms with Crippen LogP contribution < -0.4 is 0 Å². The number of aliphatic hydroxyl groups is 1. The highest BCUT2D eigenvalue weighted by Crippen LogP contribution is 2.66. The zero-order valence-corrected chi connectivity index (χ0v) is 17.6. The summed E-state index contributed by atoms with van der Waals surface area (Å²) in [6.07, 6.45) is 10.7. The van der Waals surface area contributed by atoms with E-state index in [0.717, 1.165) is 56.8 Å². The van der Waals surface area contributed by atoms with Gasteiger partial charge in [0.25, 0.3) is 0 Å². The Hall–Kier alpha value is -1.15. The van der Waals surface area contributed by atoms with Crippen molar-refractivity contribution in [3.05, 3.63) is 35.9 Å². The number of carbonyl (C=O) groups excluding carboxylic acids is 1. The summed E-state index contributed by atoms with van der Waals surface area (Å²) in [6.45, 7) is 4.81. The summed E-state index contributed by atoms with van der Waals surface area (Å²) in [7, 11) is 0. The van der Waals surface area contributed by atoms with E-state index in [1.165, 1.54) is 24.8 Å². The Morgan fingerprint density at radius 1 is 0.964 bits per heavy atom. The Labute approximate surface area is 170 Å². The molecule has 7 atom stereocenters. The quantitative estimate of drug-likeness (QED) is 0.728. The molecule has 4 saturated carbocycles. The number of hydrogen-bond acceptors (Lipinski definition) is 2. The molecule has 1 aromatic rings. The van der Waals surface area contributed by atoms with Gasteiger partial charge in [0.1, 0.15) is 5.78 Å². The molecule has 28 heavy (non-hydrogen) atoms. The van der Waals surface area contributed by atoms with Crippen LogP contribution >= 0.6 is 0 Å². The van der Waals surface area contributed by atoms with Crippen LogP contribution in [0.25, 0.3) is 0 Å². The van der Waals surface area contributed by atoms with Crippen molar-refractivity contribution in [3.63, 3.8) is 0 Å². The normalized spacial score (nSPS) is 47.9. The number of ketones is 1. The Kier molecular flexibility index (Phi) is 4.32. The van der Waals surface area contributed by atoms with Crippen LogP contribution in [0.5, 0.6) is 0 Å². The monoisotopic (exact) mass is 380 g/mol. The Bertz CT molecular complexity index is 757. The van der Waals surface area contributed by atoms with Gasteiger partial charge < -0.3 is 5.11 Å². The minimum absolute atomic E-state index is 0.0208. The zero-order chi connectivity index (χ0) is 19.6. The highest BCUT2D eigenvalue weighted by Gasteiger charge is 2.61. The minimum atomic E-state index is -0.537. The fourth-order valence-corrected chi connectivity index (χ4v) is 8.23. The molecule has 5 rings (SSSR count). The van der Waals surface area contributed by atoms with Crippen LogP contribution in [0.1, 0.15) is 77.2 Å². The summed E-state index contributed by atoms with van der Waals surface area (Å²) >= 11 is 0. The second-order valence-corrected chi connectivity index (χ2v) is 11.2. The van der Waals surface area contributed by atoms with Gasteiger partial charge >= 0.3 is 0 Å². The van der Waals surface area contributed by atoms with Crippen LogP contribution in [0.2, 0.25) is 0 Å². The van der Waals surface area contributed by atoms with Crippen LogP contribution in [-0.2, 0) is 11.2 Å². The standard InChI is InChI=1S/C26H36O2/c1-24-14-15-26(28,16-18-6-4-3-5-7-18)17-19(24)8-9-20-21-10-11-23(27)25(21,2)13-12-22(20)24/h3-7,19-22,28H,8-17H2,1-2H3/t19?,20-,21-,22-,24-,25-,26-/m0/s1. The van der Waals surface area contributed by atoms with Gasteiger partial charge in [-0.3, -0.25) is 4.79 Å². The van der Waals surface area contributed by atoms with Crippen molar-refractivity contribution in [3.8, 4) is 0 Å². The predicted octanol–water partition coefficient (Wildman–Crippen LogP) is 5.57. The van der Waals surface area contributed by atoms with E-state index in [1.807, 2.05) is 0 Å². The zero-order valence-electron chi connectivity index (χ0n) is 17.6.